The third kappa shape index (κ3) is 18.6. The number of hydrogen-bond donors (Lipinski definition) is 1. The van der Waals surface area contributed by atoms with E-state index >= 15 is 0 Å². The predicted octanol–water partition coefficient (Wildman–Crippen LogP) is 43.7. The number of phenols is 1. The number of benzene rings is 16. The minimum Gasteiger partial charge on any atom is -0.507 e. The molecule has 4 aliphatic rings. The molecule has 0 aliphatic heterocycles. The molecule has 130 heavy (non-hydrogen) atoms. The van der Waals surface area contributed by atoms with Gasteiger partial charge in [0, 0.05) is 146 Å². The van der Waals surface area contributed by atoms with Crippen LogP contribution in [0.15, 0.2) is 269 Å². The Hall–Kier alpha value is -11.0. The van der Waals surface area contributed by atoms with E-state index in [2.05, 4.69) is 237 Å². The summed E-state index contributed by atoms with van der Waals surface area (Å²) in [6.07, 6.45) is 1.78. The van der Waals surface area contributed by atoms with E-state index < -0.39 is 10.8 Å². The molecule has 0 amide bonds. The summed E-state index contributed by atoms with van der Waals surface area (Å²) in [6.45, 7) is 64.0. The van der Waals surface area contributed by atoms with Gasteiger partial charge < -0.3 is 13.9 Å². The minimum absolute atomic E-state index is 0.356. The number of phenolic OH excluding ortho intramolecular Hbond substituents is 1. The molecule has 4 nitrogen and oxygen atoms in total. The van der Waals surface area contributed by atoms with Gasteiger partial charge in [-0.1, -0.05) is 391 Å². The summed E-state index contributed by atoms with van der Waals surface area (Å²) in [5, 5.41) is 36.8. The molecular formula is C121H142O4S5. The van der Waals surface area contributed by atoms with Gasteiger partial charge >= 0.3 is 0 Å². The van der Waals surface area contributed by atoms with Crippen LogP contribution in [0, 0.1) is 0 Å². The van der Waals surface area contributed by atoms with E-state index in [4.69, 9.17) is 8.83 Å². The normalized spacial score (nSPS) is 10.5. The molecule has 1 N–H and O–H groups in total. The maximum Gasteiger partial charge on any atom is 0.136 e. The minimum atomic E-state index is -1.05. The van der Waals surface area contributed by atoms with Crippen LogP contribution in [0.2, 0.25) is 0 Å². The fourth-order valence-electron chi connectivity index (χ4n) is 17.5. The molecule has 0 saturated heterocycles. The molecule has 26 rings (SSSR count). The van der Waals surface area contributed by atoms with Gasteiger partial charge in [-0.2, -0.15) is 0 Å². The molecule has 0 saturated carbocycles. The second-order valence-electron chi connectivity index (χ2n) is 26.2. The number of aromatic hydroxyl groups is 1. The molecule has 22 aromatic rings. The Morgan fingerprint density at radius 1 is 0.192 bits per heavy atom. The molecule has 0 radical (unpaired) electrons. The Balaban J connectivity index is 0.000000215. The van der Waals surface area contributed by atoms with Crippen molar-refractivity contribution < 1.29 is 18.1 Å². The maximum atomic E-state index is 12.6. The summed E-state index contributed by atoms with van der Waals surface area (Å²) in [4.78, 5) is 0.921. The third-order valence-electron chi connectivity index (χ3n) is 21.3. The van der Waals surface area contributed by atoms with Crippen LogP contribution in [0.1, 0.15) is 222 Å². The van der Waals surface area contributed by atoms with Crippen LogP contribution < -0.4 is 0 Å². The second kappa shape index (κ2) is 51.0. The first-order valence-corrected chi connectivity index (χ1v) is 53.7. The molecule has 6 heterocycles. The molecule has 680 valence electrons. The molecule has 0 bridgehead atoms. The zero-order valence-electron chi connectivity index (χ0n) is 84.0. The van der Waals surface area contributed by atoms with Crippen LogP contribution in [0.4, 0.5) is 0 Å². The average Bonchev–Trinajstić information content (AvgIpc) is 1.54. The lowest BCUT2D eigenvalue weighted by Gasteiger charge is -2.14. The summed E-state index contributed by atoms with van der Waals surface area (Å²) in [5.41, 5.74) is 18.6. The van der Waals surface area contributed by atoms with Crippen molar-refractivity contribution in [1.29, 1.82) is 0 Å². The first-order chi connectivity index (χ1) is 64.4. The van der Waals surface area contributed by atoms with Crippen molar-refractivity contribution in [3.8, 4) is 72.5 Å². The average molecular weight is 1820 g/mol. The third-order valence-corrected chi connectivity index (χ3v) is 26.7. The summed E-state index contributed by atoms with van der Waals surface area (Å²) < 4.78 is 35.7. The van der Waals surface area contributed by atoms with Crippen LogP contribution in [-0.2, 0) is 10.8 Å². The highest BCUT2D eigenvalue weighted by molar-refractivity contribution is 7.84. The number of hydrogen-bond acceptors (Lipinski definition) is 8. The lowest BCUT2D eigenvalue weighted by Crippen LogP contribution is -1.94. The Morgan fingerprint density at radius 3 is 0.738 bits per heavy atom. The highest BCUT2D eigenvalue weighted by Crippen LogP contribution is 2.57. The van der Waals surface area contributed by atoms with Gasteiger partial charge in [0.05, 0.1) is 10.8 Å². The lowest BCUT2D eigenvalue weighted by molar-refractivity contribution is 0.478. The summed E-state index contributed by atoms with van der Waals surface area (Å²) in [5.74, 6) is 0.356. The molecule has 6 aromatic heterocycles. The molecular weight excluding hydrogens is 1680 g/mol. The van der Waals surface area contributed by atoms with Crippen LogP contribution in [0.5, 0.6) is 5.75 Å². The van der Waals surface area contributed by atoms with Gasteiger partial charge in [0.15, 0.2) is 0 Å². The quantitative estimate of drug-likeness (QED) is 0.178. The Morgan fingerprint density at radius 2 is 0.415 bits per heavy atom. The summed E-state index contributed by atoms with van der Waals surface area (Å²) in [7, 11) is -1.05. The highest BCUT2D eigenvalue weighted by atomic mass is 32.2. The Bertz CT molecular complexity index is 7040. The largest absolute Gasteiger partial charge is 0.507 e. The topological polar surface area (TPSA) is 63.6 Å². The summed E-state index contributed by atoms with van der Waals surface area (Å²) in [6, 6.07) is 90.8. The van der Waals surface area contributed by atoms with Gasteiger partial charge in [0.2, 0.25) is 0 Å². The number of thiophene rings is 4. The molecule has 9 heteroatoms. The lowest BCUT2D eigenvalue weighted by atomic mass is 9.93. The van der Waals surface area contributed by atoms with E-state index in [0.717, 1.165) is 43.9 Å². The van der Waals surface area contributed by atoms with E-state index in [0.29, 0.717) is 5.75 Å². The maximum absolute atomic E-state index is 12.6. The van der Waals surface area contributed by atoms with E-state index in [-0.39, 0.29) is 0 Å². The standard InChI is InChI=1S/C23H14OS2.2C22H10OS.C22H12OS.16C2H6/c1-26(24)19-12-10-13-9-11-18-23-20(13)22(19)16-6-3-2-5-14(16)15-7-4-8-17(25-18)21(15)23;2*1-3-12-13-4-2-6-16-20(13)22-17(24-16)10-8-11-7-9-15-21(18(11)22)19(12)14(5-1)23-15;23-16-10-8-12-9-11-18-22-19(12)20(16)14-5-2-1-4-13(14)15-6-3-7-17(24-18)21(15)22;16*1-2/h2-12H,1H3;2*1-10H;1-11,23H;16*1-2H3. The van der Waals surface area contributed by atoms with Crippen LogP contribution in [0.25, 0.3) is 234 Å². The second-order valence-corrected chi connectivity index (χ2v) is 31.8. The van der Waals surface area contributed by atoms with Gasteiger partial charge in [-0.05, 0) is 162 Å². The van der Waals surface area contributed by atoms with Crippen molar-refractivity contribution in [2.45, 2.75) is 226 Å². The van der Waals surface area contributed by atoms with Crippen molar-refractivity contribution in [2.75, 3.05) is 6.26 Å². The fourth-order valence-corrected chi connectivity index (χ4v) is 22.8. The predicted molar refractivity (Wildman–Crippen MR) is 604 cm³/mol. The van der Waals surface area contributed by atoms with E-state index in [1.807, 2.05) is 285 Å². The van der Waals surface area contributed by atoms with Crippen molar-refractivity contribution >= 4 is 224 Å². The first kappa shape index (κ1) is 106. The van der Waals surface area contributed by atoms with E-state index in [9.17, 15) is 9.32 Å². The highest BCUT2D eigenvalue weighted by Gasteiger charge is 2.30. The van der Waals surface area contributed by atoms with Crippen molar-refractivity contribution in [3.05, 3.63) is 255 Å². The van der Waals surface area contributed by atoms with Gasteiger partial charge in [-0.25, -0.2) is 0 Å². The van der Waals surface area contributed by atoms with E-state index in [1.54, 1.807) is 6.26 Å². The molecule has 1 unspecified atom stereocenters. The SMILES string of the molecule is CC.CC.CC.CC.CC.CC.CC.CC.CC.CC.CC.CC.CC.CC.CC.CC.CS(=O)c1ccc2ccc3sc4cccc5c4c3c2c1-c1ccccc1-5.Oc1ccc2ccc3sc4cccc5c4c3c2c1-c1ccccc1-5.c1cc2c3c(c1)oc1ccc4ccc5sc6cccc-2c6c5c4c13.c1cc2c3c(c1)oc1ccc4ccc5sc6cccc-2c6c5c4c13. The number of fused-ring (bicyclic) bond motifs is 8. The van der Waals surface area contributed by atoms with Crippen LogP contribution in [-0.4, -0.2) is 15.6 Å². The van der Waals surface area contributed by atoms with Gasteiger partial charge in [0.1, 0.15) is 28.1 Å². The van der Waals surface area contributed by atoms with Crippen molar-refractivity contribution in [1.82, 2.24) is 0 Å². The van der Waals surface area contributed by atoms with Gasteiger partial charge in [-0.15, -0.1) is 45.3 Å². The molecule has 16 aromatic carbocycles. The zero-order valence-corrected chi connectivity index (χ0v) is 88.0. The molecule has 0 spiro atoms. The summed E-state index contributed by atoms with van der Waals surface area (Å²) >= 11 is 7.46. The smallest absolute Gasteiger partial charge is 0.136 e. The number of rotatable bonds is 1. The van der Waals surface area contributed by atoms with E-state index in [1.165, 1.54) is 195 Å². The van der Waals surface area contributed by atoms with Gasteiger partial charge in [0.25, 0.3) is 0 Å². The Labute approximate surface area is 795 Å². The van der Waals surface area contributed by atoms with Crippen molar-refractivity contribution in [2.24, 2.45) is 0 Å². The molecule has 1 atom stereocenters. The van der Waals surface area contributed by atoms with Crippen LogP contribution in [0.3, 0.4) is 0 Å². The van der Waals surface area contributed by atoms with Crippen LogP contribution >= 0.6 is 45.3 Å². The zero-order chi connectivity index (χ0) is 96.1. The Kier molecular flexibility index (Phi) is 41.6. The first-order valence-electron chi connectivity index (χ1n) is 48.9. The van der Waals surface area contributed by atoms with Gasteiger partial charge in [-0.3, -0.25) is 4.21 Å². The fraction of sp³-hybridized carbons (Fsp3) is 0.273. The molecule has 4 aliphatic carbocycles. The van der Waals surface area contributed by atoms with Crippen molar-refractivity contribution in [3.63, 3.8) is 0 Å². The molecule has 0 fully saturated rings. The number of furan rings is 2. The monoisotopic (exact) mass is 1820 g/mol.